The fourth-order valence-electron chi connectivity index (χ4n) is 3.09. The molecule has 3 atom stereocenters. The van der Waals surface area contributed by atoms with E-state index in [0.29, 0.717) is 6.04 Å². The van der Waals surface area contributed by atoms with E-state index in [1.54, 1.807) is 0 Å². The van der Waals surface area contributed by atoms with Crippen LogP contribution >= 0.6 is 0 Å². The second-order valence-electron chi connectivity index (χ2n) is 5.25. The molecule has 3 heteroatoms. The smallest absolute Gasteiger partial charge is 0.237 e. The van der Waals surface area contributed by atoms with Gasteiger partial charge in [0, 0.05) is 12.6 Å². The zero-order chi connectivity index (χ0) is 12.1. The summed E-state index contributed by atoms with van der Waals surface area (Å²) in [6.45, 7) is 2.77. The molecule has 0 bridgehead atoms. The fourth-order valence-corrected chi connectivity index (χ4v) is 3.09. The maximum Gasteiger partial charge on any atom is 0.237 e. The Morgan fingerprint density at radius 1 is 1.41 bits per heavy atom. The normalized spacial score (nSPS) is 32.6. The van der Waals surface area contributed by atoms with Gasteiger partial charge >= 0.3 is 0 Å². The van der Waals surface area contributed by atoms with Crippen LogP contribution in [0.2, 0.25) is 0 Å². The number of hydrogen-bond acceptors (Lipinski definition) is 2. The summed E-state index contributed by atoms with van der Waals surface area (Å²) in [5.74, 6) is 0.943. The first-order valence-corrected chi connectivity index (χ1v) is 6.96. The summed E-state index contributed by atoms with van der Waals surface area (Å²) in [6.07, 6.45) is 11.3. The molecule has 2 fully saturated rings. The summed E-state index contributed by atoms with van der Waals surface area (Å²) in [6, 6.07) is 0.670. The Labute approximate surface area is 104 Å². The number of allylic oxidation sites excluding steroid dienone is 1. The minimum absolute atomic E-state index is 0.0636. The van der Waals surface area contributed by atoms with Crippen molar-refractivity contribution in [2.45, 2.75) is 57.5 Å². The number of amides is 1. The molecule has 2 aliphatic rings. The van der Waals surface area contributed by atoms with Crippen molar-refractivity contribution in [3.05, 3.63) is 12.2 Å². The third-order valence-corrected chi connectivity index (χ3v) is 4.03. The molecular formula is C14H24N2O. The average Bonchev–Trinajstić information content (AvgIpc) is 2.78. The van der Waals surface area contributed by atoms with Crippen molar-refractivity contribution in [3.8, 4) is 0 Å². The Morgan fingerprint density at radius 2 is 2.24 bits per heavy atom. The molecule has 1 aliphatic carbocycles. The van der Waals surface area contributed by atoms with Gasteiger partial charge < -0.3 is 10.6 Å². The van der Waals surface area contributed by atoms with Gasteiger partial charge in [0.05, 0.1) is 6.04 Å². The molecule has 1 saturated carbocycles. The minimum atomic E-state index is 0.0636. The number of nitrogens with one attached hydrogen (secondary N) is 2. The quantitative estimate of drug-likeness (QED) is 0.579. The van der Waals surface area contributed by atoms with Crippen LogP contribution in [0.25, 0.3) is 0 Å². The van der Waals surface area contributed by atoms with Crippen LogP contribution in [0.4, 0.5) is 0 Å². The van der Waals surface area contributed by atoms with Crippen LogP contribution < -0.4 is 10.6 Å². The lowest BCUT2D eigenvalue weighted by molar-refractivity contribution is -0.122. The molecule has 2 rings (SSSR count). The molecule has 0 aromatic carbocycles. The lowest BCUT2D eigenvalue weighted by Crippen LogP contribution is -2.43. The van der Waals surface area contributed by atoms with Crippen molar-refractivity contribution in [1.82, 2.24) is 10.6 Å². The summed E-state index contributed by atoms with van der Waals surface area (Å²) >= 11 is 0. The first-order valence-electron chi connectivity index (χ1n) is 6.96. The van der Waals surface area contributed by atoms with E-state index >= 15 is 0 Å². The highest BCUT2D eigenvalue weighted by molar-refractivity contribution is 5.82. The van der Waals surface area contributed by atoms with E-state index in [2.05, 4.69) is 16.7 Å². The molecule has 1 amide bonds. The van der Waals surface area contributed by atoms with Gasteiger partial charge in [0.15, 0.2) is 0 Å². The van der Waals surface area contributed by atoms with Crippen molar-refractivity contribution in [2.75, 3.05) is 6.54 Å². The molecule has 1 heterocycles. The molecule has 1 aliphatic heterocycles. The number of carbonyl (C=O) groups is 1. The predicted octanol–water partition coefficient (Wildman–Crippen LogP) is 1.99. The first kappa shape index (κ1) is 12.6. The van der Waals surface area contributed by atoms with Gasteiger partial charge in [0.1, 0.15) is 0 Å². The second kappa shape index (κ2) is 6.20. The molecule has 3 nitrogen and oxygen atoms in total. The zero-order valence-corrected chi connectivity index (χ0v) is 10.7. The Bertz CT molecular complexity index is 274. The fraction of sp³-hybridized carbons (Fsp3) is 0.786. The van der Waals surface area contributed by atoms with Crippen LogP contribution in [0, 0.1) is 5.92 Å². The summed E-state index contributed by atoms with van der Waals surface area (Å²) in [5, 5.41) is 6.52. The SMILES string of the molecule is C/C=C/CCNC(=O)C1CC2CCCCC2N1. The van der Waals surface area contributed by atoms with Gasteiger partial charge in [-0.15, -0.1) is 0 Å². The number of hydrogen-bond donors (Lipinski definition) is 2. The molecule has 0 radical (unpaired) electrons. The Kier molecular flexibility index (Phi) is 4.60. The molecule has 0 aromatic heterocycles. The van der Waals surface area contributed by atoms with Crippen molar-refractivity contribution < 1.29 is 4.79 Å². The second-order valence-corrected chi connectivity index (χ2v) is 5.25. The van der Waals surface area contributed by atoms with Crippen molar-refractivity contribution in [2.24, 2.45) is 5.92 Å². The van der Waals surface area contributed by atoms with Crippen molar-refractivity contribution >= 4 is 5.91 Å². The number of rotatable bonds is 4. The van der Waals surface area contributed by atoms with Crippen LogP contribution in [0.3, 0.4) is 0 Å². The van der Waals surface area contributed by atoms with Crippen LogP contribution in [0.1, 0.15) is 45.4 Å². The minimum Gasteiger partial charge on any atom is -0.354 e. The molecular weight excluding hydrogens is 212 g/mol. The molecule has 2 N–H and O–H groups in total. The third kappa shape index (κ3) is 3.32. The average molecular weight is 236 g/mol. The monoisotopic (exact) mass is 236 g/mol. The van der Waals surface area contributed by atoms with Crippen LogP contribution in [0.5, 0.6) is 0 Å². The molecule has 96 valence electrons. The Morgan fingerprint density at radius 3 is 3.00 bits per heavy atom. The topological polar surface area (TPSA) is 41.1 Å². The van der Waals surface area contributed by atoms with E-state index in [9.17, 15) is 4.79 Å². The Hall–Kier alpha value is -0.830. The van der Waals surface area contributed by atoms with Crippen molar-refractivity contribution in [3.63, 3.8) is 0 Å². The maximum atomic E-state index is 12.0. The van der Waals surface area contributed by atoms with E-state index in [4.69, 9.17) is 0 Å². The van der Waals surface area contributed by atoms with E-state index in [1.807, 2.05) is 13.0 Å². The van der Waals surface area contributed by atoms with Gasteiger partial charge in [0.25, 0.3) is 0 Å². The lowest BCUT2D eigenvalue weighted by Gasteiger charge is -2.24. The van der Waals surface area contributed by atoms with Gasteiger partial charge in [-0.25, -0.2) is 0 Å². The molecule has 17 heavy (non-hydrogen) atoms. The molecule has 1 saturated heterocycles. The largest absolute Gasteiger partial charge is 0.354 e. The predicted molar refractivity (Wildman–Crippen MR) is 69.7 cm³/mol. The number of fused-ring (bicyclic) bond motifs is 1. The van der Waals surface area contributed by atoms with Gasteiger partial charge in [-0.1, -0.05) is 25.0 Å². The van der Waals surface area contributed by atoms with E-state index in [0.717, 1.165) is 25.3 Å². The maximum absolute atomic E-state index is 12.0. The molecule has 0 aromatic rings. The number of carbonyl (C=O) groups excluding carboxylic acids is 1. The highest BCUT2D eigenvalue weighted by atomic mass is 16.2. The van der Waals surface area contributed by atoms with E-state index in [-0.39, 0.29) is 11.9 Å². The van der Waals surface area contributed by atoms with Crippen molar-refractivity contribution in [1.29, 1.82) is 0 Å². The Balaban J connectivity index is 1.73. The zero-order valence-electron chi connectivity index (χ0n) is 10.7. The van der Waals surface area contributed by atoms with E-state index in [1.165, 1.54) is 25.7 Å². The third-order valence-electron chi connectivity index (χ3n) is 4.03. The molecule has 0 spiro atoms. The summed E-state index contributed by atoms with van der Waals surface area (Å²) < 4.78 is 0. The summed E-state index contributed by atoms with van der Waals surface area (Å²) in [5.41, 5.74) is 0. The summed E-state index contributed by atoms with van der Waals surface area (Å²) in [4.78, 5) is 12.0. The van der Waals surface area contributed by atoms with Gasteiger partial charge in [-0.05, 0) is 38.5 Å². The lowest BCUT2D eigenvalue weighted by atomic mass is 9.85. The standard InChI is InChI=1S/C14H24N2O/c1-2-3-6-9-15-14(17)13-10-11-7-4-5-8-12(11)16-13/h2-3,11-13,16H,4-10H2,1H3,(H,15,17)/b3-2+. The highest BCUT2D eigenvalue weighted by Crippen LogP contribution is 2.33. The first-order chi connectivity index (χ1) is 8.31. The highest BCUT2D eigenvalue weighted by Gasteiger charge is 2.37. The van der Waals surface area contributed by atoms with Crippen LogP contribution in [-0.2, 0) is 4.79 Å². The van der Waals surface area contributed by atoms with Gasteiger partial charge in [-0.3, -0.25) is 4.79 Å². The van der Waals surface area contributed by atoms with Gasteiger partial charge in [-0.2, -0.15) is 0 Å². The van der Waals surface area contributed by atoms with Crippen LogP contribution in [0.15, 0.2) is 12.2 Å². The van der Waals surface area contributed by atoms with E-state index < -0.39 is 0 Å². The van der Waals surface area contributed by atoms with Gasteiger partial charge in [0.2, 0.25) is 5.91 Å². The summed E-state index contributed by atoms with van der Waals surface area (Å²) in [7, 11) is 0. The molecule has 3 unspecified atom stereocenters. The van der Waals surface area contributed by atoms with Crippen LogP contribution in [-0.4, -0.2) is 24.5 Å².